The van der Waals surface area contributed by atoms with Crippen LogP contribution in [0.4, 0.5) is 0 Å². The maximum atomic E-state index is 11.5. The number of carboxylic acid groups (broad SMARTS) is 1. The largest absolute Gasteiger partial charge is 0.478 e. The molecule has 0 aliphatic heterocycles. The average Bonchev–Trinajstić information content (AvgIpc) is 2.85. The Bertz CT molecular complexity index is 2040. The molecule has 0 unspecified atom stereocenters. The molecular formula is C27H16N6O2Y3. The number of aromatic nitrogens is 6. The van der Waals surface area contributed by atoms with Crippen LogP contribution in [-0.4, -0.2) is 41.0 Å². The summed E-state index contributed by atoms with van der Waals surface area (Å²) in [6.07, 6.45) is 0. The Balaban J connectivity index is 0.00000112. The molecule has 11 heteroatoms. The molecule has 4 aromatic carbocycles. The average molecular weight is 723 g/mol. The maximum absolute atomic E-state index is 11.5. The zero-order chi connectivity index (χ0) is 23.8. The van der Waals surface area contributed by atoms with Gasteiger partial charge in [-0.3, -0.25) is 0 Å². The summed E-state index contributed by atoms with van der Waals surface area (Å²) in [5.41, 5.74) is 9.74. The molecule has 7 aromatic rings. The maximum Gasteiger partial charge on any atom is 0.335 e. The molecule has 3 radical (unpaired) electrons. The predicted octanol–water partition coefficient (Wildman–Crippen LogP) is 5.28. The molecule has 38 heavy (non-hydrogen) atoms. The molecule has 0 spiro atoms. The molecule has 8 nitrogen and oxygen atoms in total. The third-order valence-electron chi connectivity index (χ3n) is 6.22. The van der Waals surface area contributed by atoms with Gasteiger partial charge in [0.05, 0.1) is 38.7 Å². The van der Waals surface area contributed by atoms with Gasteiger partial charge >= 0.3 is 5.97 Å². The first-order valence-corrected chi connectivity index (χ1v) is 11.1. The van der Waals surface area contributed by atoms with E-state index < -0.39 is 5.97 Å². The van der Waals surface area contributed by atoms with Crippen LogP contribution in [0.3, 0.4) is 0 Å². The fourth-order valence-corrected chi connectivity index (χ4v) is 4.51. The van der Waals surface area contributed by atoms with Crippen molar-refractivity contribution in [1.29, 1.82) is 0 Å². The van der Waals surface area contributed by atoms with Crippen molar-refractivity contribution in [3.05, 3.63) is 71.3 Å². The number of carboxylic acids is 1. The number of nitrogens with zero attached hydrogens (tertiary/aromatic N) is 6. The van der Waals surface area contributed by atoms with E-state index in [2.05, 4.69) is 0 Å². The molecule has 175 valence electrons. The van der Waals surface area contributed by atoms with Crippen LogP contribution in [0.1, 0.15) is 21.5 Å². The standard InChI is InChI=1S/C27H16N6O2.3Y/c1-12-3-6-15-18(9-12)32-25-21(28-15)24-22(29-16-7-4-13(2)10-19(16)31-24)26-23(25)30-17-8-5-14(27(34)35)11-20(17)33-26;;;/h3-11H,1-2H3,(H,34,35);;;. The molecule has 0 aliphatic rings. The van der Waals surface area contributed by atoms with E-state index in [1.54, 1.807) is 6.07 Å². The topological polar surface area (TPSA) is 115 Å². The molecule has 1 N–H and O–H groups in total. The van der Waals surface area contributed by atoms with Crippen LogP contribution in [0.15, 0.2) is 54.6 Å². The van der Waals surface area contributed by atoms with Gasteiger partial charge in [-0.25, -0.2) is 34.7 Å². The van der Waals surface area contributed by atoms with E-state index in [0.717, 1.165) is 33.2 Å². The fraction of sp³-hybridized carbons (Fsp3) is 0.0741. The number of hydrogen-bond donors (Lipinski definition) is 1. The van der Waals surface area contributed by atoms with Gasteiger partial charge in [-0.15, -0.1) is 0 Å². The van der Waals surface area contributed by atoms with Crippen LogP contribution >= 0.6 is 0 Å². The Kier molecular flexibility index (Phi) is 8.64. The van der Waals surface area contributed by atoms with E-state index in [0.29, 0.717) is 44.1 Å². The zero-order valence-electron chi connectivity index (χ0n) is 20.5. The third-order valence-corrected chi connectivity index (χ3v) is 6.22. The summed E-state index contributed by atoms with van der Waals surface area (Å²) in [5, 5.41) is 9.45. The zero-order valence-corrected chi connectivity index (χ0v) is 29.0. The third kappa shape index (κ3) is 4.82. The Morgan fingerprint density at radius 1 is 0.500 bits per heavy atom. The first-order valence-electron chi connectivity index (χ1n) is 11.1. The van der Waals surface area contributed by atoms with Gasteiger partial charge in [-0.2, -0.15) is 0 Å². The quantitative estimate of drug-likeness (QED) is 0.180. The molecule has 0 atom stereocenters. The van der Waals surface area contributed by atoms with Crippen molar-refractivity contribution >= 4 is 72.2 Å². The SMILES string of the molecule is Cc1ccc2nc3c4nc5cc(C)ccc5nc4c4nc5cc(C(=O)O)ccc5nc4c3nc2c1.[Y].[Y].[Y]. The molecule has 0 saturated carbocycles. The number of aryl methyl sites for hydroxylation is 2. The Morgan fingerprint density at radius 3 is 1.18 bits per heavy atom. The summed E-state index contributed by atoms with van der Waals surface area (Å²) in [6.45, 7) is 4.02. The Labute approximate surface area is 291 Å². The van der Waals surface area contributed by atoms with Crippen LogP contribution in [0.5, 0.6) is 0 Å². The number of carbonyl (C=O) groups is 1. The summed E-state index contributed by atoms with van der Waals surface area (Å²) in [7, 11) is 0. The summed E-state index contributed by atoms with van der Waals surface area (Å²) in [6, 6.07) is 16.5. The molecule has 0 saturated heterocycles. The van der Waals surface area contributed by atoms with Crippen LogP contribution in [0.25, 0.3) is 66.2 Å². The Hall–Kier alpha value is -1.54. The Morgan fingerprint density at radius 2 is 0.816 bits per heavy atom. The normalized spacial score (nSPS) is 11.0. The van der Waals surface area contributed by atoms with Crippen molar-refractivity contribution in [2.75, 3.05) is 0 Å². The van der Waals surface area contributed by atoms with E-state index >= 15 is 0 Å². The van der Waals surface area contributed by atoms with Crippen LogP contribution in [0.2, 0.25) is 0 Å². The van der Waals surface area contributed by atoms with E-state index in [4.69, 9.17) is 29.9 Å². The molecule has 0 aliphatic carbocycles. The van der Waals surface area contributed by atoms with Crippen molar-refractivity contribution in [1.82, 2.24) is 29.9 Å². The van der Waals surface area contributed by atoms with Crippen LogP contribution in [-0.2, 0) is 98.1 Å². The first kappa shape index (κ1) is 29.4. The van der Waals surface area contributed by atoms with E-state index in [9.17, 15) is 9.90 Å². The van der Waals surface area contributed by atoms with E-state index in [1.807, 2.05) is 50.2 Å². The van der Waals surface area contributed by atoms with Crippen molar-refractivity contribution in [2.45, 2.75) is 13.8 Å². The van der Waals surface area contributed by atoms with Gasteiger partial charge in [0.15, 0.2) is 0 Å². The molecule has 0 bridgehead atoms. The van der Waals surface area contributed by atoms with Gasteiger partial charge in [-0.1, -0.05) is 12.1 Å². The minimum Gasteiger partial charge on any atom is -0.478 e. The molecule has 3 heterocycles. The molecule has 7 rings (SSSR count). The van der Waals surface area contributed by atoms with E-state index in [-0.39, 0.29) is 104 Å². The van der Waals surface area contributed by atoms with Crippen molar-refractivity contribution in [3.8, 4) is 0 Å². The van der Waals surface area contributed by atoms with Gasteiger partial charge < -0.3 is 5.11 Å². The second kappa shape index (κ2) is 11.1. The van der Waals surface area contributed by atoms with Gasteiger partial charge in [-0.05, 0) is 67.4 Å². The van der Waals surface area contributed by atoms with Crippen LogP contribution in [0, 0.1) is 13.8 Å². The van der Waals surface area contributed by atoms with Gasteiger partial charge in [0.25, 0.3) is 0 Å². The summed E-state index contributed by atoms with van der Waals surface area (Å²) in [4.78, 5) is 40.9. The monoisotopic (exact) mass is 723 g/mol. The molecule has 0 fully saturated rings. The van der Waals surface area contributed by atoms with E-state index in [1.165, 1.54) is 12.1 Å². The molecule has 3 aromatic heterocycles. The first-order chi connectivity index (χ1) is 16.9. The minimum atomic E-state index is -1.02. The van der Waals surface area contributed by atoms with Gasteiger partial charge in [0.1, 0.15) is 33.1 Å². The van der Waals surface area contributed by atoms with Crippen molar-refractivity contribution < 1.29 is 108 Å². The number of fused-ring (bicyclic) bond motifs is 9. The summed E-state index contributed by atoms with van der Waals surface area (Å²) >= 11 is 0. The van der Waals surface area contributed by atoms with Gasteiger partial charge in [0, 0.05) is 98.1 Å². The molecular weight excluding hydrogens is 707 g/mol. The number of rotatable bonds is 1. The number of benzene rings is 4. The second-order valence-electron chi connectivity index (χ2n) is 8.76. The van der Waals surface area contributed by atoms with Crippen molar-refractivity contribution in [2.24, 2.45) is 0 Å². The fourth-order valence-electron chi connectivity index (χ4n) is 4.51. The van der Waals surface area contributed by atoms with Crippen molar-refractivity contribution in [3.63, 3.8) is 0 Å². The predicted molar refractivity (Wildman–Crippen MR) is 135 cm³/mol. The number of aromatic carboxylic acids is 1. The second-order valence-corrected chi connectivity index (χ2v) is 8.76. The summed E-state index contributed by atoms with van der Waals surface area (Å²) in [5.74, 6) is -1.02. The number of hydrogen-bond acceptors (Lipinski definition) is 7. The van der Waals surface area contributed by atoms with Crippen LogP contribution < -0.4 is 0 Å². The smallest absolute Gasteiger partial charge is 0.335 e. The summed E-state index contributed by atoms with van der Waals surface area (Å²) < 4.78 is 0. The minimum absolute atomic E-state index is 0. The van der Waals surface area contributed by atoms with Gasteiger partial charge in [0.2, 0.25) is 0 Å². The molecule has 0 amide bonds.